The third-order valence-corrected chi connectivity index (χ3v) is 5.26. The van der Waals surface area contributed by atoms with Gasteiger partial charge < -0.3 is 14.2 Å². The lowest BCUT2D eigenvalue weighted by Crippen LogP contribution is -2.22. The van der Waals surface area contributed by atoms with Crippen molar-refractivity contribution < 1.29 is 19.2 Å². The van der Waals surface area contributed by atoms with Gasteiger partial charge in [-0.25, -0.2) is 0 Å². The second-order valence-electron chi connectivity index (χ2n) is 6.31. The SMILES string of the molecule is COC(=O)Cn1c(=NC(=O)c2ccc(N(C)C)cc2)sc2cc([N+](=O)[O-])ccc21. The Morgan fingerprint density at radius 2 is 1.90 bits per heavy atom. The molecule has 0 spiro atoms. The van der Waals surface area contributed by atoms with Crippen LogP contribution < -0.4 is 9.70 Å². The van der Waals surface area contributed by atoms with Crippen molar-refractivity contribution >= 4 is 44.8 Å². The average molecular weight is 414 g/mol. The van der Waals surface area contributed by atoms with Crippen molar-refractivity contribution in [1.29, 1.82) is 0 Å². The maximum absolute atomic E-state index is 12.6. The number of ether oxygens (including phenoxy) is 1. The first kappa shape index (κ1) is 20.2. The van der Waals surface area contributed by atoms with Gasteiger partial charge in [-0.2, -0.15) is 4.99 Å². The van der Waals surface area contributed by atoms with E-state index in [-0.39, 0.29) is 17.0 Å². The Morgan fingerprint density at radius 3 is 2.48 bits per heavy atom. The van der Waals surface area contributed by atoms with E-state index in [0.717, 1.165) is 17.0 Å². The molecule has 0 radical (unpaired) electrons. The second kappa shape index (κ2) is 8.23. The number of amides is 1. The highest BCUT2D eigenvalue weighted by atomic mass is 32.1. The Bertz CT molecular complexity index is 1160. The first-order valence-electron chi connectivity index (χ1n) is 8.51. The van der Waals surface area contributed by atoms with Crippen molar-refractivity contribution in [3.63, 3.8) is 0 Å². The van der Waals surface area contributed by atoms with Crippen LogP contribution in [0, 0.1) is 10.1 Å². The zero-order valence-electron chi connectivity index (χ0n) is 16.0. The number of hydrogen-bond donors (Lipinski definition) is 0. The van der Waals surface area contributed by atoms with Gasteiger partial charge in [0.05, 0.1) is 22.2 Å². The lowest BCUT2D eigenvalue weighted by molar-refractivity contribution is -0.384. The van der Waals surface area contributed by atoms with E-state index in [1.165, 1.54) is 29.9 Å². The van der Waals surface area contributed by atoms with Gasteiger partial charge in [-0.3, -0.25) is 19.7 Å². The van der Waals surface area contributed by atoms with Crippen molar-refractivity contribution in [1.82, 2.24) is 4.57 Å². The summed E-state index contributed by atoms with van der Waals surface area (Å²) in [5.74, 6) is -0.998. The van der Waals surface area contributed by atoms with Gasteiger partial charge in [0, 0.05) is 37.5 Å². The molecule has 1 heterocycles. The molecule has 0 atom stereocenters. The van der Waals surface area contributed by atoms with E-state index >= 15 is 0 Å². The molecule has 1 aromatic heterocycles. The molecule has 10 heteroatoms. The predicted molar refractivity (Wildman–Crippen MR) is 109 cm³/mol. The molecule has 3 aromatic rings. The zero-order chi connectivity index (χ0) is 21.1. The van der Waals surface area contributed by atoms with Gasteiger partial charge in [-0.05, 0) is 30.3 Å². The largest absolute Gasteiger partial charge is 0.468 e. The van der Waals surface area contributed by atoms with Gasteiger partial charge in [-0.15, -0.1) is 0 Å². The van der Waals surface area contributed by atoms with Crippen LogP contribution >= 0.6 is 11.3 Å². The number of esters is 1. The summed E-state index contributed by atoms with van der Waals surface area (Å²) in [6.45, 7) is -0.167. The molecule has 0 unspecified atom stereocenters. The number of carbonyl (C=O) groups is 2. The van der Waals surface area contributed by atoms with E-state index in [9.17, 15) is 19.7 Å². The molecule has 0 N–H and O–H groups in total. The van der Waals surface area contributed by atoms with Crippen LogP contribution in [-0.4, -0.2) is 42.6 Å². The van der Waals surface area contributed by atoms with Crippen LogP contribution in [0.5, 0.6) is 0 Å². The number of carbonyl (C=O) groups excluding carboxylic acids is 2. The van der Waals surface area contributed by atoms with Gasteiger partial charge in [0.1, 0.15) is 6.54 Å². The summed E-state index contributed by atoms with van der Waals surface area (Å²) in [4.78, 5) is 41.3. The Morgan fingerprint density at radius 1 is 1.21 bits per heavy atom. The molecule has 0 aliphatic rings. The number of nitrogens with zero attached hydrogens (tertiary/aromatic N) is 4. The summed E-state index contributed by atoms with van der Waals surface area (Å²) >= 11 is 1.09. The highest BCUT2D eigenvalue weighted by Gasteiger charge is 2.15. The minimum atomic E-state index is -0.521. The first-order valence-corrected chi connectivity index (χ1v) is 9.33. The monoisotopic (exact) mass is 414 g/mol. The number of nitro benzene ring substituents is 1. The Labute approximate surface area is 169 Å². The molecule has 0 saturated heterocycles. The average Bonchev–Trinajstić information content (AvgIpc) is 3.03. The minimum absolute atomic E-state index is 0.0823. The van der Waals surface area contributed by atoms with E-state index in [1.54, 1.807) is 24.3 Å². The maximum atomic E-state index is 12.6. The lowest BCUT2D eigenvalue weighted by atomic mass is 10.2. The highest BCUT2D eigenvalue weighted by Crippen LogP contribution is 2.23. The Balaban J connectivity index is 2.10. The van der Waals surface area contributed by atoms with E-state index < -0.39 is 16.8 Å². The number of fused-ring (bicyclic) bond motifs is 1. The van der Waals surface area contributed by atoms with Gasteiger partial charge in [0.25, 0.3) is 11.6 Å². The number of rotatable bonds is 5. The van der Waals surface area contributed by atoms with Crippen LogP contribution in [0.2, 0.25) is 0 Å². The number of non-ortho nitro benzene ring substituents is 1. The summed E-state index contributed by atoms with van der Waals surface area (Å²) < 4.78 is 6.77. The molecular formula is C19H18N4O5S. The fourth-order valence-electron chi connectivity index (χ4n) is 2.66. The molecule has 3 rings (SSSR count). The molecule has 0 fully saturated rings. The minimum Gasteiger partial charge on any atom is -0.468 e. The third kappa shape index (κ3) is 4.32. The van der Waals surface area contributed by atoms with Gasteiger partial charge in [0.15, 0.2) is 4.80 Å². The number of aromatic nitrogens is 1. The number of anilines is 1. The normalized spacial score (nSPS) is 11.5. The van der Waals surface area contributed by atoms with E-state index in [1.807, 2.05) is 19.0 Å². The molecule has 1 amide bonds. The van der Waals surface area contributed by atoms with Crippen molar-refractivity contribution in [3.8, 4) is 0 Å². The van der Waals surface area contributed by atoms with E-state index in [2.05, 4.69) is 4.99 Å². The molecule has 150 valence electrons. The standard InChI is InChI=1S/C19H18N4O5S/c1-21(2)13-6-4-12(5-7-13)18(25)20-19-22(11-17(24)28-3)15-9-8-14(23(26)27)10-16(15)29-19/h4-10H,11H2,1-3H3. The summed E-state index contributed by atoms with van der Waals surface area (Å²) in [6.07, 6.45) is 0. The van der Waals surface area contributed by atoms with Crippen LogP contribution in [-0.2, 0) is 16.1 Å². The first-order chi connectivity index (χ1) is 13.8. The molecule has 0 saturated carbocycles. The molecule has 9 nitrogen and oxygen atoms in total. The van der Waals surface area contributed by atoms with Crippen LogP contribution in [0.3, 0.4) is 0 Å². The Hall–Kier alpha value is -3.53. The molecular weight excluding hydrogens is 396 g/mol. The summed E-state index contributed by atoms with van der Waals surface area (Å²) in [7, 11) is 5.05. The summed E-state index contributed by atoms with van der Waals surface area (Å²) in [5.41, 5.74) is 1.81. The number of nitro groups is 1. The smallest absolute Gasteiger partial charge is 0.325 e. The fourth-order valence-corrected chi connectivity index (χ4v) is 3.72. The van der Waals surface area contributed by atoms with Crippen LogP contribution in [0.1, 0.15) is 10.4 Å². The van der Waals surface area contributed by atoms with Crippen molar-refractivity contribution in [2.24, 2.45) is 4.99 Å². The lowest BCUT2D eigenvalue weighted by Gasteiger charge is -2.11. The number of hydrogen-bond acceptors (Lipinski definition) is 7. The van der Waals surface area contributed by atoms with Crippen molar-refractivity contribution in [2.45, 2.75) is 6.54 Å². The second-order valence-corrected chi connectivity index (χ2v) is 7.32. The van der Waals surface area contributed by atoms with Crippen molar-refractivity contribution in [2.75, 3.05) is 26.1 Å². The van der Waals surface area contributed by atoms with Crippen molar-refractivity contribution in [3.05, 3.63) is 62.9 Å². The zero-order valence-corrected chi connectivity index (χ0v) is 16.8. The summed E-state index contributed by atoms with van der Waals surface area (Å²) in [5, 5.41) is 11.0. The van der Waals surface area contributed by atoms with Gasteiger partial charge in [0.2, 0.25) is 0 Å². The molecule has 0 aliphatic heterocycles. The third-order valence-electron chi connectivity index (χ3n) is 4.22. The number of benzene rings is 2. The topological polar surface area (TPSA) is 107 Å². The summed E-state index contributed by atoms with van der Waals surface area (Å²) in [6, 6.07) is 11.2. The van der Waals surface area contributed by atoms with Crippen LogP contribution in [0.25, 0.3) is 10.2 Å². The molecule has 0 bridgehead atoms. The number of methoxy groups -OCH3 is 1. The van der Waals surface area contributed by atoms with E-state index in [4.69, 9.17) is 4.74 Å². The predicted octanol–water partition coefficient (Wildman–Crippen LogP) is 2.59. The molecule has 29 heavy (non-hydrogen) atoms. The quantitative estimate of drug-likeness (QED) is 0.361. The molecule has 2 aromatic carbocycles. The fraction of sp³-hybridized carbons (Fsp3) is 0.211. The highest BCUT2D eigenvalue weighted by molar-refractivity contribution is 7.16. The Kier molecular flexibility index (Phi) is 5.74. The maximum Gasteiger partial charge on any atom is 0.325 e. The van der Waals surface area contributed by atoms with Gasteiger partial charge >= 0.3 is 5.97 Å². The van der Waals surface area contributed by atoms with Gasteiger partial charge in [-0.1, -0.05) is 11.3 Å². The van der Waals surface area contributed by atoms with Crippen LogP contribution in [0.15, 0.2) is 47.5 Å². The number of thiazole rings is 1. The van der Waals surface area contributed by atoms with Crippen LogP contribution in [0.4, 0.5) is 11.4 Å². The van der Waals surface area contributed by atoms with E-state index in [0.29, 0.717) is 15.8 Å². The molecule has 0 aliphatic carbocycles.